The molecular weight excluding hydrogens is 164 g/mol. The van der Waals surface area contributed by atoms with Crippen molar-refractivity contribution in [3.05, 3.63) is 18.1 Å². The molecule has 0 amide bonds. The van der Waals surface area contributed by atoms with E-state index in [9.17, 15) is 8.78 Å². The van der Waals surface area contributed by atoms with Gasteiger partial charge in [0.05, 0.1) is 5.69 Å². The number of rotatable bonds is 3. The molecule has 1 N–H and O–H groups in total. The van der Waals surface area contributed by atoms with Crippen LogP contribution in [0.1, 0.15) is 26.0 Å². The predicted molar refractivity (Wildman–Crippen MR) is 42.4 cm³/mol. The minimum Gasteiger partial charge on any atom is -0.461 e. The Morgan fingerprint density at radius 2 is 2.08 bits per heavy atom. The lowest BCUT2D eigenvalue weighted by molar-refractivity contribution is 0.122. The maximum atomic E-state index is 12.0. The van der Waals surface area contributed by atoms with Gasteiger partial charge in [0.1, 0.15) is 6.26 Å². The van der Waals surface area contributed by atoms with E-state index in [1.54, 1.807) is 0 Å². The van der Waals surface area contributed by atoms with Crippen LogP contribution in [0.3, 0.4) is 0 Å². The fraction of sp³-hybridized carbons (Fsp3) is 0.500. The van der Waals surface area contributed by atoms with Gasteiger partial charge >= 0.3 is 0 Å². The van der Waals surface area contributed by atoms with E-state index in [0.29, 0.717) is 5.69 Å². The van der Waals surface area contributed by atoms with Gasteiger partial charge in [0.2, 0.25) is 0 Å². The largest absolute Gasteiger partial charge is 0.461 e. The maximum Gasteiger partial charge on any atom is 0.295 e. The van der Waals surface area contributed by atoms with Gasteiger partial charge in [-0.05, 0) is 13.8 Å². The number of hydrogen-bond donors (Lipinski definition) is 1. The molecular formula is C8H11F2NO. The van der Waals surface area contributed by atoms with Gasteiger partial charge in [-0.2, -0.15) is 0 Å². The first kappa shape index (κ1) is 9.03. The zero-order valence-corrected chi connectivity index (χ0v) is 6.97. The normalized spacial score (nSPS) is 11.2. The van der Waals surface area contributed by atoms with Crippen molar-refractivity contribution in [1.82, 2.24) is 0 Å². The summed E-state index contributed by atoms with van der Waals surface area (Å²) in [4.78, 5) is 0. The number of nitrogens with one attached hydrogen (secondary N) is 1. The summed E-state index contributed by atoms with van der Waals surface area (Å²) in [6, 6.07) is 1.53. The molecule has 0 unspecified atom stereocenters. The monoisotopic (exact) mass is 175 g/mol. The van der Waals surface area contributed by atoms with E-state index in [2.05, 4.69) is 9.73 Å². The van der Waals surface area contributed by atoms with Crippen molar-refractivity contribution in [2.75, 3.05) is 5.32 Å². The predicted octanol–water partition coefficient (Wildman–Crippen LogP) is 3.04. The van der Waals surface area contributed by atoms with E-state index in [-0.39, 0.29) is 11.8 Å². The number of hydrogen-bond acceptors (Lipinski definition) is 2. The average Bonchev–Trinajstić information content (AvgIpc) is 2.34. The number of halogens is 2. The molecule has 0 aromatic carbocycles. The molecule has 1 heterocycles. The van der Waals surface area contributed by atoms with Crippen molar-refractivity contribution in [3.63, 3.8) is 0 Å². The minimum absolute atomic E-state index is 0.216. The van der Waals surface area contributed by atoms with Crippen LogP contribution in [0, 0.1) is 0 Å². The zero-order valence-electron chi connectivity index (χ0n) is 6.97. The molecule has 0 radical (unpaired) electrons. The summed E-state index contributed by atoms with van der Waals surface area (Å²) >= 11 is 0. The van der Waals surface area contributed by atoms with Crippen LogP contribution < -0.4 is 5.32 Å². The first-order valence-electron chi connectivity index (χ1n) is 3.72. The lowest BCUT2D eigenvalue weighted by Crippen LogP contribution is -2.08. The van der Waals surface area contributed by atoms with Crippen molar-refractivity contribution >= 4 is 5.69 Å². The van der Waals surface area contributed by atoms with E-state index < -0.39 is 6.43 Å². The summed E-state index contributed by atoms with van der Waals surface area (Å²) in [7, 11) is 0. The van der Waals surface area contributed by atoms with Crippen LogP contribution in [0.5, 0.6) is 0 Å². The standard InChI is InChI=1S/C8H11F2NO/c1-5(2)11-6-3-7(8(9)10)12-4-6/h3-5,8,11H,1-2H3. The van der Waals surface area contributed by atoms with Crippen LogP contribution in [0.15, 0.2) is 16.7 Å². The first-order chi connectivity index (χ1) is 5.59. The van der Waals surface area contributed by atoms with Crippen molar-refractivity contribution < 1.29 is 13.2 Å². The Labute approximate surface area is 69.6 Å². The summed E-state index contributed by atoms with van der Waals surface area (Å²) < 4.78 is 28.6. The molecule has 0 aliphatic rings. The Kier molecular flexibility index (Phi) is 2.68. The highest BCUT2D eigenvalue weighted by atomic mass is 19.3. The molecule has 0 spiro atoms. The second-order valence-electron chi connectivity index (χ2n) is 2.84. The van der Waals surface area contributed by atoms with Crippen LogP contribution in [0.2, 0.25) is 0 Å². The van der Waals surface area contributed by atoms with Gasteiger partial charge in [-0.3, -0.25) is 0 Å². The number of alkyl halides is 2. The van der Waals surface area contributed by atoms with E-state index in [0.717, 1.165) is 0 Å². The zero-order chi connectivity index (χ0) is 9.14. The molecule has 0 aliphatic carbocycles. The van der Waals surface area contributed by atoms with Crippen molar-refractivity contribution in [3.8, 4) is 0 Å². The molecule has 4 heteroatoms. The van der Waals surface area contributed by atoms with Crippen molar-refractivity contribution in [2.45, 2.75) is 26.3 Å². The molecule has 0 saturated heterocycles. The van der Waals surface area contributed by atoms with Crippen molar-refractivity contribution in [1.29, 1.82) is 0 Å². The van der Waals surface area contributed by atoms with Crippen LogP contribution in [-0.2, 0) is 0 Å². The van der Waals surface area contributed by atoms with E-state index in [1.807, 2.05) is 13.8 Å². The quantitative estimate of drug-likeness (QED) is 0.763. The van der Waals surface area contributed by atoms with E-state index in [4.69, 9.17) is 0 Å². The van der Waals surface area contributed by atoms with Gasteiger partial charge in [0.25, 0.3) is 6.43 Å². The third-order valence-electron chi connectivity index (χ3n) is 1.29. The second-order valence-corrected chi connectivity index (χ2v) is 2.84. The fourth-order valence-corrected chi connectivity index (χ4v) is 0.876. The van der Waals surface area contributed by atoms with Gasteiger partial charge in [0.15, 0.2) is 5.76 Å². The fourth-order valence-electron chi connectivity index (χ4n) is 0.876. The van der Waals surface area contributed by atoms with Gasteiger partial charge < -0.3 is 9.73 Å². The summed E-state index contributed by atoms with van der Waals surface area (Å²) in [5.74, 6) is -0.293. The van der Waals surface area contributed by atoms with Crippen LogP contribution in [0.4, 0.5) is 14.5 Å². The highest BCUT2D eigenvalue weighted by Crippen LogP contribution is 2.23. The third-order valence-corrected chi connectivity index (χ3v) is 1.29. The molecule has 0 atom stereocenters. The molecule has 68 valence electrons. The minimum atomic E-state index is -2.53. The maximum absolute atomic E-state index is 12.0. The van der Waals surface area contributed by atoms with Crippen LogP contribution in [-0.4, -0.2) is 6.04 Å². The van der Waals surface area contributed by atoms with Crippen LogP contribution >= 0.6 is 0 Å². The van der Waals surface area contributed by atoms with Gasteiger partial charge in [-0.1, -0.05) is 0 Å². The van der Waals surface area contributed by atoms with Gasteiger partial charge in [-0.25, -0.2) is 8.78 Å². The summed E-state index contributed by atoms with van der Waals surface area (Å²) in [5.41, 5.74) is 0.598. The van der Waals surface area contributed by atoms with Gasteiger partial charge in [-0.15, -0.1) is 0 Å². The number of furan rings is 1. The molecule has 1 rings (SSSR count). The third kappa shape index (κ3) is 2.22. The van der Waals surface area contributed by atoms with Crippen LogP contribution in [0.25, 0.3) is 0 Å². The van der Waals surface area contributed by atoms with Gasteiger partial charge in [0, 0.05) is 12.1 Å². The Morgan fingerprint density at radius 3 is 2.50 bits per heavy atom. The summed E-state index contributed by atoms with van der Waals surface area (Å²) in [6.45, 7) is 3.85. The summed E-state index contributed by atoms with van der Waals surface area (Å²) in [5, 5.41) is 2.95. The molecule has 2 nitrogen and oxygen atoms in total. The highest BCUT2D eigenvalue weighted by molar-refractivity contribution is 5.42. The SMILES string of the molecule is CC(C)Nc1coc(C(F)F)c1. The molecule has 0 fully saturated rings. The molecule has 0 bridgehead atoms. The lowest BCUT2D eigenvalue weighted by atomic mass is 10.3. The molecule has 12 heavy (non-hydrogen) atoms. The highest BCUT2D eigenvalue weighted by Gasteiger charge is 2.12. The molecule has 1 aromatic rings. The molecule has 0 aliphatic heterocycles. The smallest absolute Gasteiger partial charge is 0.295 e. The molecule has 1 aromatic heterocycles. The Bertz CT molecular complexity index is 245. The Hall–Kier alpha value is -1.06. The average molecular weight is 175 g/mol. The van der Waals surface area contributed by atoms with E-state index in [1.165, 1.54) is 12.3 Å². The second kappa shape index (κ2) is 3.56. The Balaban J connectivity index is 2.64. The van der Waals surface area contributed by atoms with E-state index >= 15 is 0 Å². The topological polar surface area (TPSA) is 25.2 Å². The summed E-state index contributed by atoms with van der Waals surface area (Å²) in [6.07, 6.45) is -1.24. The Morgan fingerprint density at radius 1 is 1.42 bits per heavy atom. The first-order valence-corrected chi connectivity index (χ1v) is 3.72. The lowest BCUT2D eigenvalue weighted by Gasteiger charge is -2.04. The number of anilines is 1. The van der Waals surface area contributed by atoms with Crippen molar-refractivity contribution in [2.24, 2.45) is 0 Å². The molecule has 0 saturated carbocycles.